The van der Waals surface area contributed by atoms with Gasteiger partial charge >= 0.3 is 0 Å². The van der Waals surface area contributed by atoms with E-state index in [1.165, 1.54) is 36.8 Å². The fraction of sp³-hybridized carbons (Fsp3) is 0.611. The van der Waals surface area contributed by atoms with E-state index >= 15 is 0 Å². The maximum absolute atomic E-state index is 12.1. The fourth-order valence-electron chi connectivity index (χ4n) is 3.07. The Morgan fingerprint density at radius 3 is 2.90 bits per heavy atom. The maximum Gasteiger partial charge on any atom is 0.251 e. The van der Waals surface area contributed by atoms with E-state index in [1.54, 1.807) is 0 Å². The largest absolute Gasteiger partial charge is 0.352 e. The molecule has 0 saturated carbocycles. The summed E-state index contributed by atoms with van der Waals surface area (Å²) in [5.41, 5.74) is 3.30. The van der Waals surface area contributed by atoms with Crippen molar-refractivity contribution in [3.05, 3.63) is 34.9 Å². The van der Waals surface area contributed by atoms with Crippen molar-refractivity contribution >= 4 is 5.91 Å². The first-order valence-corrected chi connectivity index (χ1v) is 8.34. The van der Waals surface area contributed by atoms with E-state index in [0.29, 0.717) is 6.04 Å². The van der Waals surface area contributed by atoms with Gasteiger partial charge in [-0.2, -0.15) is 0 Å². The maximum atomic E-state index is 12.1. The van der Waals surface area contributed by atoms with Crippen molar-refractivity contribution in [2.45, 2.75) is 57.9 Å². The average Bonchev–Trinajstić information content (AvgIpc) is 2.69. The zero-order valence-corrected chi connectivity index (χ0v) is 13.4. The summed E-state index contributed by atoms with van der Waals surface area (Å²) in [6, 6.07) is 6.78. The third kappa shape index (κ3) is 4.31. The van der Waals surface area contributed by atoms with Crippen LogP contribution in [0.3, 0.4) is 0 Å². The van der Waals surface area contributed by atoms with Gasteiger partial charge in [0.1, 0.15) is 0 Å². The third-order valence-corrected chi connectivity index (χ3v) is 4.38. The zero-order valence-electron chi connectivity index (χ0n) is 13.4. The van der Waals surface area contributed by atoms with Crippen molar-refractivity contribution in [3.63, 3.8) is 0 Å². The number of fused-ring (bicyclic) bond motifs is 1. The van der Waals surface area contributed by atoms with Crippen molar-refractivity contribution in [1.29, 1.82) is 0 Å². The summed E-state index contributed by atoms with van der Waals surface area (Å²) in [7, 11) is 2.01. The van der Waals surface area contributed by atoms with Crippen LogP contribution < -0.4 is 10.6 Å². The molecule has 1 aliphatic rings. The molecule has 1 aromatic carbocycles. The molecule has 0 fully saturated rings. The molecule has 3 heteroatoms. The van der Waals surface area contributed by atoms with Gasteiger partial charge in [0.05, 0.1) is 0 Å². The van der Waals surface area contributed by atoms with Crippen LogP contribution in [0.25, 0.3) is 0 Å². The molecule has 1 unspecified atom stereocenters. The van der Waals surface area contributed by atoms with Crippen LogP contribution in [0, 0.1) is 0 Å². The van der Waals surface area contributed by atoms with Crippen LogP contribution in [0.4, 0.5) is 0 Å². The quantitative estimate of drug-likeness (QED) is 0.753. The van der Waals surface area contributed by atoms with Crippen LogP contribution in [0.2, 0.25) is 0 Å². The molecule has 21 heavy (non-hydrogen) atoms. The SMILES string of the molecule is CCCCCCC(NC)c1ccc2c(c1)C(=O)NCCC2. The lowest BCUT2D eigenvalue weighted by Gasteiger charge is -2.18. The molecule has 3 nitrogen and oxygen atoms in total. The van der Waals surface area contributed by atoms with Crippen LogP contribution in [0.15, 0.2) is 18.2 Å². The van der Waals surface area contributed by atoms with Gasteiger partial charge in [0.15, 0.2) is 0 Å². The minimum Gasteiger partial charge on any atom is -0.352 e. The Morgan fingerprint density at radius 1 is 1.29 bits per heavy atom. The fourth-order valence-corrected chi connectivity index (χ4v) is 3.07. The number of carbonyl (C=O) groups excluding carboxylic acids is 1. The van der Waals surface area contributed by atoms with Crippen molar-refractivity contribution in [2.75, 3.05) is 13.6 Å². The molecule has 0 aliphatic carbocycles. The van der Waals surface area contributed by atoms with E-state index in [1.807, 2.05) is 7.05 Å². The minimum atomic E-state index is 0.0881. The van der Waals surface area contributed by atoms with Crippen molar-refractivity contribution in [3.8, 4) is 0 Å². The molecular formula is C18H28N2O. The lowest BCUT2D eigenvalue weighted by Crippen LogP contribution is -2.23. The van der Waals surface area contributed by atoms with Gasteiger partial charge in [-0.05, 0) is 43.5 Å². The monoisotopic (exact) mass is 288 g/mol. The summed E-state index contributed by atoms with van der Waals surface area (Å²) in [5, 5.41) is 6.39. The summed E-state index contributed by atoms with van der Waals surface area (Å²) >= 11 is 0. The Kier molecular flexibility index (Phi) is 6.24. The van der Waals surface area contributed by atoms with E-state index in [4.69, 9.17) is 0 Å². The molecule has 0 bridgehead atoms. The smallest absolute Gasteiger partial charge is 0.251 e. The van der Waals surface area contributed by atoms with Crippen molar-refractivity contribution < 1.29 is 4.79 Å². The second-order valence-corrected chi connectivity index (χ2v) is 5.97. The highest BCUT2D eigenvalue weighted by atomic mass is 16.1. The number of aryl methyl sites for hydroxylation is 1. The lowest BCUT2D eigenvalue weighted by atomic mass is 9.94. The number of hydrogen-bond donors (Lipinski definition) is 2. The van der Waals surface area contributed by atoms with Crippen LogP contribution in [0.5, 0.6) is 0 Å². The molecular weight excluding hydrogens is 260 g/mol. The highest BCUT2D eigenvalue weighted by Gasteiger charge is 2.17. The van der Waals surface area contributed by atoms with Gasteiger partial charge in [-0.1, -0.05) is 44.7 Å². The number of carbonyl (C=O) groups is 1. The minimum absolute atomic E-state index is 0.0881. The van der Waals surface area contributed by atoms with Gasteiger partial charge in [-0.15, -0.1) is 0 Å². The van der Waals surface area contributed by atoms with Crippen LogP contribution >= 0.6 is 0 Å². The van der Waals surface area contributed by atoms with Gasteiger partial charge in [-0.3, -0.25) is 4.79 Å². The van der Waals surface area contributed by atoms with E-state index < -0.39 is 0 Å². The molecule has 0 radical (unpaired) electrons. The van der Waals surface area contributed by atoms with E-state index in [0.717, 1.165) is 31.4 Å². The lowest BCUT2D eigenvalue weighted by molar-refractivity contribution is 0.0956. The van der Waals surface area contributed by atoms with Gasteiger partial charge in [-0.25, -0.2) is 0 Å². The van der Waals surface area contributed by atoms with E-state index in [9.17, 15) is 4.79 Å². The molecule has 1 aromatic rings. The zero-order chi connectivity index (χ0) is 15.1. The molecule has 1 heterocycles. The molecule has 1 aliphatic heterocycles. The molecule has 1 atom stereocenters. The predicted octanol–water partition coefficient (Wildman–Crippen LogP) is 3.59. The summed E-state index contributed by atoms with van der Waals surface area (Å²) in [4.78, 5) is 12.1. The highest BCUT2D eigenvalue weighted by molar-refractivity contribution is 5.96. The first kappa shape index (κ1) is 16.0. The first-order valence-electron chi connectivity index (χ1n) is 8.34. The third-order valence-electron chi connectivity index (χ3n) is 4.38. The Hall–Kier alpha value is -1.35. The predicted molar refractivity (Wildman–Crippen MR) is 87.7 cm³/mol. The summed E-state index contributed by atoms with van der Waals surface area (Å²) < 4.78 is 0. The summed E-state index contributed by atoms with van der Waals surface area (Å²) in [6.45, 7) is 3.02. The van der Waals surface area contributed by atoms with Crippen LogP contribution in [-0.4, -0.2) is 19.5 Å². The van der Waals surface area contributed by atoms with Crippen molar-refractivity contribution in [2.24, 2.45) is 0 Å². The van der Waals surface area contributed by atoms with Crippen molar-refractivity contribution in [1.82, 2.24) is 10.6 Å². The van der Waals surface area contributed by atoms with Gasteiger partial charge in [0, 0.05) is 18.2 Å². The second-order valence-electron chi connectivity index (χ2n) is 5.97. The molecule has 1 amide bonds. The van der Waals surface area contributed by atoms with Crippen LogP contribution in [0.1, 0.15) is 73.0 Å². The molecule has 0 spiro atoms. The molecule has 0 saturated heterocycles. The topological polar surface area (TPSA) is 41.1 Å². The Labute approximate surface area is 128 Å². The molecule has 0 aromatic heterocycles. The Bertz CT molecular complexity index is 470. The molecule has 2 rings (SSSR count). The Balaban J connectivity index is 2.09. The van der Waals surface area contributed by atoms with Gasteiger partial charge < -0.3 is 10.6 Å². The molecule has 116 valence electrons. The first-order chi connectivity index (χ1) is 10.3. The molecule has 2 N–H and O–H groups in total. The number of benzene rings is 1. The number of hydrogen-bond acceptors (Lipinski definition) is 2. The highest BCUT2D eigenvalue weighted by Crippen LogP contribution is 2.24. The summed E-state index contributed by atoms with van der Waals surface area (Å²) in [5.74, 6) is 0.0881. The van der Waals surface area contributed by atoms with Gasteiger partial charge in [0.2, 0.25) is 0 Å². The standard InChI is InChI=1S/C18H28N2O/c1-3-4-5-6-9-17(19-2)15-11-10-14-8-7-12-20-18(21)16(14)13-15/h10-11,13,17,19H,3-9,12H2,1-2H3,(H,20,21). The second kappa shape index (κ2) is 8.18. The average molecular weight is 288 g/mol. The van der Waals surface area contributed by atoms with E-state index in [-0.39, 0.29) is 5.91 Å². The number of rotatable bonds is 7. The normalized spacial score (nSPS) is 16.0. The van der Waals surface area contributed by atoms with Gasteiger partial charge in [0.25, 0.3) is 5.91 Å². The number of amides is 1. The van der Waals surface area contributed by atoms with Crippen LogP contribution in [-0.2, 0) is 6.42 Å². The summed E-state index contributed by atoms with van der Waals surface area (Å²) in [6.07, 6.45) is 8.27. The number of unbranched alkanes of at least 4 members (excludes halogenated alkanes) is 3. The van der Waals surface area contributed by atoms with E-state index in [2.05, 4.69) is 35.8 Å². The Morgan fingerprint density at radius 2 is 2.14 bits per heavy atom. The number of nitrogens with one attached hydrogen (secondary N) is 2.